The minimum absolute atomic E-state index is 0.398. The van der Waals surface area contributed by atoms with Crippen molar-refractivity contribution in [2.75, 3.05) is 19.7 Å². The van der Waals surface area contributed by atoms with E-state index in [-0.39, 0.29) is 0 Å². The Kier molecular flexibility index (Phi) is 4.26. The monoisotopic (exact) mass is 225 g/mol. The molecule has 1 unspecified atom stereocenters. The van der Waals surface area contributed by atoms with Crippen LogP contribution in [0, 0.1) is 0 Å². The molecule has 1 saturated heterocycles. The van der Waals surface area contributed by atoms with Gasteiger partial charge in [-0.25, -0.2) is 0 Å². The summed E-state index contributed by atoms with van der Waals surface area (Å²) in [5.41, 5.74) is 6.29. The lowest BCUT2D eigenvalue weighted by Gasteiger charge is -2.10. The quantitative estimate of drug-likeness (QED) is 0.638. The first kappa shape index (κ1) is 11.5. The molecule has 2 heterocycles. The van der Waals surface area contributed by atoms with Gasteiger partial charge in [0.05, 0.1) is 18.3 Å². The Balaban J connectivity index is 1.60. The smallest absolute Gasteiger partial charge is 0.0962 e. The van der Waals surface area contributed by atoms with E-state index in [1.807, 2.05) is 10.9 Å². The van der Waals surface area contributed by atoms with Crippen LogP contribution in [0.1, 0.15) is 18.5 Å². The molecule has 1 aromatic rings. The van der Waals surface area contributed by atoms with Gasteiger partial charge in [0.15, 0.2) is 0 Å². The molecule has 0 bridgehead atoms. The average molecular weight is 225 g/mol. The molecule has 1 aliphatic rings. The van der Waals surface area contributed by atoms with Gasteiger partial charge in [-0.1, -0.05) is 5.21 Å². The van der Waals surface area contributed by atoms with Crippen LogP contribution in [0.4, 0.5) is 0 Å². The fraction of sp³-hybridized carbons (Fsp3) is 0.800. The minimum atomic E-state index is 0.398. The number of nitrogens with zero attached hydrogens (tertiary/aromatic N) is 3. The van der Waals surface area contributed by atoms with E-state index >= 15 is 0 Å². The average Bonchev–Trinajstić information content (AvgIpc) is 2.95. The normalized spacial score (nSPS) is 20.4. The second-order valence-electron chi connectivity index (χ2n) is 4.02. The minimum Gasteiger partial charge on any atom is -0.377 e. The Morgan fingerprint density at radius 3 is 3.25 bits per heavy atom. The lowest BCUT2D eigenvalue weighted by molar-refractivity contribution is 0.110. The van der Waals surface area contributed by atoms with Crippen LogP contribution in [-0.4, -0.2) is 40.8 Å². The molecule has 0 aromatic carbocycles. The van der Waals surface area contributed by atoms with Crippen molar-refractivity contribution in [1.29, 1.82) is 0 Å². The maximum atomic E-state index is 5.51. The molecule has 0 aliphatic carbocycles. The predicted molar refractivity (Wildman–Crippen MR) is 59.8 cm³/mol. The summed E-state index contributed by atoms with van der Waals surface area (Å²) in [4.78, 5) is 0. The third kappa shape index (κ3) is 3.26. The summed E-state index contributed by atoms with van der Waals surface area (Å²) in [6.45, 7) is 3.99. The number of ether oxygens (including phenoxy) is 1. The molecule has 3 N–H and O–H groups in total. The number of rotatable bonds is 6. The van der Waals surface area contributed by atoms with Crippen molar-refractivity contribution in [3.8, 4) is 0 Å². The molecule has 90 valence electrons. The van der Waals surface area contributed by atoms with Crippen molar-refractivity contribution in [3.63, 3.8) is 0 Å². The number of hydrogen-bond acceptors (Lipinski definition) is 5. The van der Waals surface area contributed by atoms with Crippen molar-refractivity contribution >= 4 is 0 Å². The van der Waals surface area contributed by atoms with Crippen LogP contribution >= 0.6 is 0 Å². The Bertz CT molecular complexity index is 308. The van der Waals surface area contributed by atoms with Gasteiger partial charge >= 0.3 is 0 Å². The summed E-state index contributed by atoms with van der Waals surface area (Å²) in [5, 5.41) is 11.3. The van der Waals surface area contributed by atoms with Crippen LogP contribution in [0.3, 0.4) is 0 Å². The highest BCUT2D eigenvalue weighted by Gasteiger charge is 2.14. The molecule has 1 aliphatic heterocycles. The van der Waals surface area contributed by atoms with E-state index in [0.717, 1.165) is 31.9 Å². The van der Waals surface area contributed by atoms with Gasteiger partial charge in [-0.2, -0.15) is 0 Å². The summed E-state index contributed by atoms with van der Waals surface area (Å²) in [6, 6.07) is 0. The van der Waals surface area contributed by atoms with Gasteiger partial charge in [0.1, 0.15) is 0 Å². The summed E-state index contributed by atoms with van der Waals surface area (Å²) < 4.78 is 7.32. The molecule has 0 spiro atoms. The number of hydrogen-bond donors (Lipinski definition) is 2. The molecular weight excluding hydrogens is 206 g/mol. The molecule has 1 fully saturated rings. The highest BCUT2D eigenvalue weighted by atomic mass is 16.5. The van der Waals surface area contributed by atoms with Crippen molar-refractivity contribution < 1.29 is 4.74 Å². The van der Waals surface area contributed by atoms with Crippen LogP contribution in [0.5, 0.6) is 0 Å². The first-order chi connectivity index (χ1) is 7.88. The first-order valence-corrected chi connectivity index (χ1v) is 5.80. The zero-order chi connectivity index (χ0) is 11.2. The summed E-state index contributed by atoms with van der Waals surface area (Å²) >= 11 is 0. The van der Waals surface area contributed by atoms with Crippen LogP contribution < -0.4 is 11.1 Å². The van der Waals surface area contributed by atoms with Gasteiger partial charge in [-0.05, 0) is 12.8 Å². The van der Waals surface area contributed by atoms with E-state index in [4.69, 9.17) is 10.5 Å². The summed E-state index contributed by atoms with van der Waals surface area (Å²) in [5.74, 6) is 0. The topological polar surface area (TPSA) is 78.0 Å². The van der Waals surface area contributed by atoms with Crippen molar-refractivity contribution in [3.05, 3.63) is 11.9 Å². The van der Waals surface area contributed by atoms with Gasteiger partial charge < -0.3 is 15.8 Å². The van der Waals surface area contributed by atoms with Gasteiger partial charge in [0.25, 0.3) is 0 Å². The molecule has 0 saturated carbocycles. The fourth-order valence-corrected chi connectivity index (χ4v) is 1.80. The molecule has 16 heavy (non-hydrogen) atoms. The first-order valence-electron chi connectivity index (χ1n) is 5.80. The maximum Gasteiger partial charge on any atom is 0.0962 e. The fourth-order valence-electron chi connectivity index (χ4n) is 1.80. The molecule has 1 aromatic heterocycles. The second kappa shape index (κ2) is 5.93. The Morgan fingerprint density at radius 2 is 2.56 bits per heavy atom. The third-order valence-corrected chi connectivity index (χ3v) is 2.71. The van der Waals surface area contributed by atoms with E-state index in [9.17, 15) is 0 Å². The molecule has 0 amide bonds. The molecule has 2 rings (SSSR count). The van der Waals surface area contributed by atoms with Crippen LogP contribution in [0.15, 0.2) is 6.20 Å². The van der Waals surface area contributed by atoms with Gasteiger partial charge in [0, 0.05) is 32.4 Å². The van der Waals surface area contributed by atoms with E-state index < -0.39 is 0 Å². The zero-order valence-corrected chi connectivity index (χ0v) is 9.43. The van der Waals surface area contributed by atoms with Crippen LogP contribution in [0.25, 0.3) is 0 Å². The molecule has 6 heteroatoms. The highest BCUT2D eigenvalue weighted by molar-refractivity contribution is 4.90. The molecule has 1 atom stereocenters. The third-order valence-electron chi connectivity index (χ3n) is 2.71. The summed E-state index contributed by atoms with van der Waals surface area (Å²) in [7, 11) is 0. The Labute approximate surface area is 95.1 Å². The van der Waals surface area contributed by atoms with Crippen LogP contribution in [0.2, 0.25) is 0 Å². The SMILES string of the molecule is NCc1cn(CCNCC2CCCO2)nn1. The molecular formula is C10H19N5O. The van der Waals surface area contributed by atoms with E-state index in [1.54, 1.807) is 0 Å². The van der Waals surface area contributed by atoms with E-state index in [2.05, 4.69) is 15.6 Å². The zero-order valence-electron chi connectivity index (χ0n) is 9.43. The van der Waals surface area contributed by atoms with Crippen LogP contribution in [-0.2, 0) is 17.8 Å². The van der Waals surface area contributed by atoms with Crippen molar-refractivity contribution in [2.24, 2.45) is 5.73 Å². The Hall–Kier alpha value is -0.980. The lowest BCUT2D eigenvalue weighted by atomic mass is 10.2. The second-order valence-corrected chi connectivity index (χ2v) is 4.02. The predicted octanol–water partition coefficient (Wildman–Crippen LogP) is -0.495. The Morgan fingerprint density at radius 1 is 1.62 bits per heavy atom. The number of aromatic nitrogens is 3. The highest BCUT2D eigenvalue weighted by Crippen LogP contribution is 2.10. The van der Waals surface area contributed by atoms with Gasteiger partial charge in [0.2, 0.25) is 0 Å². The number of nitrogens with one attached hydrogen (secondary N) is 1. The van der Waals surface area contributed by atoms with Gasteiger partial charge in [-0.3, -0.25) is 4.68 Å². The standard InChI is InChI=1S/C10H19N5O/c11-6-9-8-15(14-13-9)4-3-12-7-10-2-1-5-16-10/h8,10,12H,1-7,11H2. The molecule has 6 nitrogen and oxygen atoms in total. The van der Waals surface area contributed by atoms with Crippen molar-refractivity contribution in [2.45, 2.75) is 32.0 Å². The largest absolute Gasteiger partial charge is 0.377 e. The number of nitrogens with two attached hydrogens (primary N) is 1. The van der Waals surface area contributed by atoms with Gasteiger partial charge in [-0.15, -0.1) is 5.10 Å². The molecule has 0 radical (unpaired) electrons. The lowest BCUT2D eigenvalue weighted by Crippen LogP contribution is -2.29. The maximum absolute atomic E-state index is 5.51. The summed E-state index contributed by atoms with van der Waals surface area (Å²) in [6.07, 6.45) is 4.65. The van der Waals surface area contributed by atoms with Crippen molar-refractivity contribution in [1.82, 2.24) is 20.3 Å². The van der Waals surface area contributed by atoms with E-state index in [0.29, 0.717) is 12.6 Å². The van der Waals surface area contributed by atoms with E-state index in [1.165, 1.54) is 12.8 Å².